The van der Waals surface area contributed by atoms with E-state index in [2.05, 4.69) is 21.3 Å². The van der Waals surface area contributed by atoms with E-state index in [0.717, 1.165) is 6.42 Å². The number of amides is 1. The number of hydrogen-bond acceptors (Lipinski definition) is 3. The summed E-state index contributed by atoms with van der Waals surface area (Å²) in [6.45, 7) is 0.410. The Hall–Kier alpha value is -2.19. The molecule has 0 saturated carbocycles. The molecule has 7 nitrogen and oxygen atoms in total. The van der Waals surface area contributed by atoms with Gasteiger partial charge < -0.3 is 10.4 Å². The van der Waals surface area contributed by atoms with Gasteiger partial charge in [-0.2, -0.15) is 0 Å². The molecule has 1 atom stereocenters. The van der Waals surface area contributed by atoms with Gasteiger partial charge >= 0.3 is 5.97 Å². The zero-order valence-corrected chi connectivity index (χ0v) is 10.0. The smallest absolute Gasteiger partial charge is 0.327 e. The van der Waals surface area contributed by atoms with E-state index in [1.165, 1.54) is 0 Å². The van der Waals surface area contributed by atoms with Crippen LogP contribution in [0, 0.1) is 12.3 Å². The zero-order chi connectivity index (χ0) is 13.8. The summed E-state index contributed by atoms with van der Waals surface area (Å²) in [6.07, 6.45) is 7.30. The number of carboxylic acids is 1. The highest BCUT2D eigenvalue weighted by atomic mass is 16.4. The van der Waals surface area contributed by atoms with Crippen LogP contribution in [0.25, 0.3) is 10.4 Å². The molecule has 0 aliphatic carbocycles. The van der Waals surface area contributed by atoms with Crippen molar-refractivity contribution >= 4 is 11.9 Å². The summed E-state index contributed by atoms with van der Waals surface area (Å²) in [5, 5.41) is 14.5. The quantitative estimate of drug-likeness (QED) is 0.213. The van der Waals surface area contributed by atoms with Crippen LogP contribution in [0.15, 0.2) is 5.11 Å². The molecule has 0 aliphatic rings. The number of nitrogens with zero attached hydrogens (tertiary/aromatic N) is 3. The highest BCUT2D eigenvalue weighted by Gasteiger charge is 2.17. The lowest BCUT2D eigenvalue weighted by Gasteiger charge is -2.11. The Bertz CT molecular complexity index is 369. The lowest BCUT2D eigenvalue weighted by Crippen LogP contribution is -2.40. The Kier molecular flexibility index (Phi) is 8.78. The molecule has 0 spiro atoms. The normalized spacial score (nSPS) is 10.8. The van der Waals surface area contributed by atoms with E-state index >= 15 is 0 Å². The van der Waals surface area contributed by atoms with Crippen molar-refractivity contribution < 1.29 is 14.7 Å². The maximum Gasteiger partial charge on any atom is 0.327 e. The fraction of sp³-hybridized carbons (Fsp3) is 0.636. The summed E-state index contributed by atoms with van der Waals surface area (Å²) in [5.74, 6) is 0.736. The third-order valence-electron chi connectivity index (χ3n) is 2.18. The highest BCUT2D eigenvalue weighted by molar-refractivity contribution is 5.83. The molecule has 0 aliphatic heterocycles. The molecule has 0 bridgehead atoms. The molecule has 1 amide bonds. The van der Waals surface area contributed by atoms with Crippen LogP contribution < -0.4 is 5.32 Å². The number of carboxylic acid groups (broad SMARTS) is 1. The minimum atomic E-state index is -1.13. The molecule has 0 aromatic carbocycles. The number of rotatable bonds is 9. The van der Waals surface area contributed by atoms with E-state index in [9.17, 15) is 9.59 Å². The van der Waals surface area contributed by atoms with Crippen LogP contribution in [-0.2, 0) is 9.59 Å². The molecular formula is C11H16N4O3. The van der Waals surface area contributed by atoms with Crippen LogP contribution in [0.2, 0.25) is 0 Å². The van der Waals surface area contributed by atoms with E-state index in [-0.39, 0.29) is 18.7 Å². The van der Waals surface area contributed by atoms with Gasteiger partial charge in [0.15, 0.2) is 0 Å². The number of carbonyl (C=O) groups excluding carboxylic acids is 1. The Labute approximate surface area is 105 Å². The number of aliphatic carboxylic acids is 1. The average molecular weight is 252 g/mol. The summed E-state index contributed by atoms with van der Waals surface area (Å²) >= 11 is 0. The Balaban J connectivity index is 3.78. The summed E-state index contributed by atoms with van der Waals surface area (Å²) in [5.41, 5.74) is 8.04. The van der Waals surface area contributed by atoms with Crippen LogP contribution in [0.3, 0.4) is 0 Å². The largest absolute Gasteiger partial charge is 0.480 e. The lowest BCUT2D eigenvalue weighted by atomic mass is 10.1. The predicted octanol–water partition coefficient (Wildman–Crippen LogP) is 1.45. The topological polar surface area (TPSA) is 115 Å². The monoisotopic (exact) mass is 252 g/mol. The molecule has 0 aromatic rings. The fourth-order valence-corrected chi connectivity index (χ4v) is 1.27. The van der Waals surface area contributed by atoms with Gasteiger partial charge in [-0.1, -0.05) is 11.5 Å². The van der Waals surface area contributed by atoms with Crippen LogP contribution in [0.1, 0.15) is 32.1 Å². The highest BCUT2D eigenvalue weighted by Crippen LogP contribution is 2.01. The molecule has 0 aromatic heterocycles. The van der Waals surface area contributed by atoms with Gasteiger partial charge in [0, 0.05) is 24.3 Å². The molecule has 98 valence electrons. The molecular weight excluding hydrogens is 236 g/mol. The lowest BCUT2D eigenvalue weighted by molar-refractivity contribution is -0.141. The first kappa shape index (κ1) is 15.8. The van der Waals surface area contributed by atoms with Crippen molar-refractivity contribution in [2.45, 2.75) is 38.1 Å². The van der Waals surface area contributed by atoms with Crippen LogP contribution in [-0.4, -0.2) is 29.6 Å². The first-order chi connectivity index (χ1) is 8.61. The number of azide groups is 1. The van der Waals surface area contributed by atoms with Crippen molar-refractivity contribution in [2.75, 3.05) is 6.54 Å². The molecule has 0 saturated heterocycles. The minimum absolute atomic E-state index is 0.0298. The van der Waals surface area contributed by atoms with E-state index in [1.807, 2.05) is 0 Å². The third kappa shape index (κ3) is 8.02. The van der Waals surface area contributed by atoms with Gasteiger partial charge in [0.05, 0.1) is 0 Å². The summed E-state index contributed by atoms with van der Waals surface area (Å²) < 4.78 is 0. The van der Waals surface area contributed by atoms with Crippen LogP contribution >= 0.6 is 0 Å². The third-order valence-corrected chi connectivity index (χ3v) is 2.18. The number of carbonyl (C=O) groups is 2. The number of terminal acetylenes is 1. The van der Waals surface area contributed by atoms with Gasteiger partial charge in [0.2, 0.25) is 5.91 Å². The predicted molar refractivity (Wildman–Crippen MR) is 65.5 cm³/mol. The second-order valence-corrected chi connectivity index (χ2v) is 3.63. The average Bonchev–Trinajstić information content (AvgIpc) is 2.33. The van der Waals surface area contributed by atoms with Gasteiger partial charge in [-0.25, -0.2) is 4.79 Å². The SMILES string of the molecule is C#CCC(NC(=O)CCCCCN=[N+]=[N-])C(=O)O. The summed E-state index contributed by atoms with van der Waals surface area (Å²) in [7, 11) is 0. The van der Waals surface area contributed by atoms with Crippen molar-refractivity contribution in [1.29, 1.82) is 0 Å². The van der Waals surface area contributed by atoms with E-state index < -0.39 is 12.0 Å². The van der Waals surface area contributed by atoms with Gasteiger partial charge in [-0.15, -0.1) is 12.3 Å². The summed E-state index contributed by atoms with van der Waals surface area (Å²) in [4.78, 5) is 24.7. The maximum atomic E-state index is 11.4. The standard InChI is InChI=1S/C11H16N4O3/c1-2-6-9(11(17)18)14-10(16)7-4-3-5-8-13-15-12/h1,9H,3-8H2,(H,14,16)(H,17,18). The Morgan fingerprint density at radius 2 is 2.17 bits per heavy atom. The van der Waals surface area contributed by atoms with Crippen molar-refractivity contribution in [3.05, 3.63) is 10.4 Å². The molecule has 0 rings (SSSR count). The molecule has 1 unspecified atom stereocenters. The first-order valence-corrected chi connectivity index (χ1v) is 5.58. The van der Waals surface area contributed by atoms with Crippen molar-refractivity contribution in [3.63, 3.8) is 0 Å². The summed E-state index contributed by atoms with van der Waals surface area (Å²) in [6, 6.07) is -1.02. The van der Waals surface area contributed by atoms with Crippen molar-refractivity contribution in [2.24, 2.45) is 5.11 Å². The van der Waals surface area contributed by atoms with E-state index in [4.69, 9.17) is 17.1 Å². The van der Waals surface area contributed by atoms with Gasteiger partial charge in [0.1, 0.15) is 6.04 Å². The zero-order valence-electron chi connectivity index (χ0n) is 10.0. The van der Waals surface area contributed by atoms with Gasteiger partial charge in [-0.05, 0) is 18.4 Å². The Morgan fingerprint density at radius 1 is 1.44 bits per heavy atom. The number of nitrogens with one attached hydrogen (secondary N) is 1. The molecule has 0 radical (unpaired) electrons. The van der Waals surface area contributed by atoms with Gasteiger partial charge in [-0.3, -0.25) is 4.79 Å². The van der Waals surface area contributed by atoms with Gasteiger partial charge in [0.25, 0.3) is 0 Å². The number of unbranched alkanes of at least 4 members (excludes halogenated alkanes) is 2. The maximum absolute atomic E-state index is 11.4. The second kappa shape index (κ2) is 10.00. The van der Waals surface area contributed by atoms with Crippen LogP contribution in [0.4, 0.5) is 0 Å². The fourth-order valence-electron chi connectivity index (χ4n) is 1.27. The van der Waals surface area contributed by atoms with E-state index in [1.54, 1.807) is 0 Å². The minimum Gasteiger partial charge on any atom is -0.480 e. The van der Waals surface area contributed by atoms with Crippen LogP contribution in [0.5, 0.6) is 0 Å². The van der Waals surface area contributed by atoms with Crippen molar-refractivity contribution in [1.82, 2.24) is 5.32 Å². The molecule has 18 heavy (non-hydrogen) atoms. The molecule has 2 N–H and O–H groups in total. The van der Waals surface area contributed by atoms with Crippen molar-refractivity contribution in [3.8, 4) is 12.3 Å². The Morgan fingerprint density at radius 3 is 2.72 bits per heavy atom. The van der Waals surface area contributed by atoms with E-state index in [0.29, 0.717) is 19.4 Å². The molecule has 0 heterocycles. The second-order valence-electron chi connectivity index (χ2n) is 3.63. The number of hydrogen-bond donors (Lipinski definition) is 2. The first-order valence-electron chi connectivity index (χ1n) is 5.58. The molecule has 7 heteroatoms. The molecule has 0 fully saturated rings.